The van der Waals surface area contributed by atoms with Gasteiger partial charge in [-0.05, 0) is 0 Å². The van der Waals surface area contributed by atoms with Gasteiger partial charge in [0.25, 0.3) is 5.56 Å². The van der Waals surface area contributed by atoms with Gasteiger partial charge in [0.05, 0.1) is 11.9 Å². The lowest BCUT2D eigenvalue weighted by atomic mass is 10.4. The van der Waals surface area contributed by atoms with Crippen LogP contribution in [0.1, 0.15) is 0 Å². The van der Waals surface area contributed by atoms with Crippen LogP contribution in [0.4, 0.5) is 18.9 Å². The maximum absolute atomic E-state index is 12.1. The second-order valence-corrected chi connectivity index (χ2v) is 2.68. The van der Waals surface area contributed by atoms with E-state index in [0.29, 0.717) is 0 Å². The van der Waals surface area contributed by atoms with E-state index < -0.39 is 21.6 Å². The number of alkyl halides is 3. The molecule has 0 aliphatic heterocycles. The van der Waals surface area contributed by atoms with E-state index in [2.05, 4.69) is 10.4 Å². The molecule has 0 spiro atoms. The monoisotopic (exact) mass is 227 g/mol. The van der Waals surface area contributed by atoms with Gasteiger partial charge >= 0.3 is 6.30 Å². The van der Waals surface area contributed by atoms with Crippen molar-refractivity contribution >= 4 is 17.3 Å². The predicted octanol–water partition coefficient (Wildman–Crippen LogP) is 1.41. The molecule has 0 unspecified atom stereocenters. The Labute approximate surface area is 81.3 Å². The second kappa shape index (κ2) is 3.49. The highest BCUT2D eigenvalue weighted by molar-refractivity contribution is 6.32. The van der Waals surface area contributed by atoms with Crippen LogP contribution in [0.25, 0.3) is 0 Å². The Morgan fingerprint density at radius 3 is 2.57 bits per heavy atom. The van der Waals surface area contributed by atoms with Gasteiger partial charge in [0, 0.05) is 7.05 Å². The molecule has 78 valence electrons. The summed E-state index contributed by atoms with van der Waals surface area (Å²) in [6.45, 7) is 0. The van der Waals surface area contributed by atoms with E-state index in [9.17, 15) is 18.0 Å². The summed E-state index contributed by atoms with van der Waals surface area (Å²) in [6, 6.07) is 0. The highest BCUT2D eigenvalue weighted by Gasteiger charge is 2.34. The number of halogens is 4. The number of hydrogen-bond donors (Lipinski definition) is 1. The quantitative estimate of drug-likeness (QED) is 0.789. The van der Waals surface area contributed by atoms with Crippen LogP contribution in [0.3, 0.4) is 0 Å². The molecule has 0 aliphatic rings. The minimum Gasteiger partial charge on any atom is -0.385 e. The molecule has 1 N–H and O–H groups in total. The molecule has 0 saturated carbocycles. The van der Waals surface area contributed by atoms with Gasteiger partial charge in [-0.2, -0.15) is 5.10 Å². The zero-order chi connectivity index (χ0) is 10.9. The van der Waals surface area contributed by atoms with E-state index in [4.69, 9.17) is 11.6 Å². The third kappa shape index (κ3) is 1.82. The lowest BCUT2D eigenvalue weighted by Crippen LogP contribution is -2.33. The number of anilines is 1. The van der Waals surface area contributed by atoms with Crippen molar-refractivity contribution < 1.29 is 13.2 Å². The number of nitrogens with one attached hydrogen (secondary N) is 1. The van der Waals surface area contributed by atoms with Crippen LogP contribution >= 0.6 is 11.6 Å². The minimum absolute atomic E-state index is 0.0529. The Balaban J connectivity index is 3.40. The molecule has 0 aliphatic carbocycles. The van der Waals surface area contributed by atoms with Crippen molar-refractivity contribution in [2.24, 2.45) is 0 Å². The van der Waals surface area contributed by atoms with Gasteiger partial charge in [-0.25, -0.2) is 0 Å². The Morgan fingerprint density at radius 2 is 2.14 bits per heavy atom. The van der Waals surface area contributed by atoms with Crippen LogP contribution < -0.4 is 10.9 Å². The van der Waals surface area contributed by atoms with E-state index in [-0.39, 0.29) is 5.69 Å². The summed E-state index contributed by atoms with van der Waals surface area (Å²) in [5.41, 5.74) is -1.34. The lowest BCUT2D eigenvalue weighted by Gasteiger charge is -2.09. The summed E-state index contributed by atoms with van der Waals surface area (Å²) < 4.78 is 35.6. The molecule has 0 amide bonds. The summed E-state index contributed by atoms with van der Waals surface area (Å²) in [4.78, 5) is 11.0. The van der Waals surface area contributed by atoms with Crippen LogP contribution in [0, 0.1) is 0 Å². The third-order valence-electron chi connectivity index (χ3n) is 1.43. The Kier molecular flexibility index (Phi) is 2.70. The summed E-state index contributed by atoms with van der Waals surface area (Å²) >= 11 is 5.37. The molecule has 1 rings (SSSR count). The van der Waals surface area contributed by atoms with Gasteiger partial charge in [-0.1, -0.05) is 11.6 Å². The zero-order valence-corrected chi connectivity index (χ0v) is 7.65. The first kappa shape index (κ1) is 10.8. The minimum atomic E-state index is -4.85. The molecular weight excluding hydrogens is 223 g/mol. The van der Waals surface area contributed by atoms with Crippen LogP contribution in [-0.2, 0) is 6.30 Å². The Bertz CT molecular complexity index is 400. The van der Waals surface area contributed by atoms with Crippen molar-refractivity contribution in [3.05, 3.63) is 21.6 Å². The molecule has 0 fully saturated rings. The largest absolute Gasteiger partial charge is 0.507 e. The van der Waals surface area contributed by atoms with Crippen molar-refractivity contribution in [3.63, 3.8) is 0 Å². The zero-order valence-electron chi connectivity index (χ0n) is 6.89. The number of rotatable bonds is 1. The number of hydrogen-bond acceptors (Lipinski definition) is 3. The maximum Gasteiger partial charge on any atom is 0.507 e. The van der Waals surface area contributed by atoms with Gasteiger partial charge in [0.1, 0.15) is 5.02 Å². The summed E-state index contributed by atoms with van der Waals surface area (Å²) in [5.74, 6) is 0. The molecule has 0 atom stereocenters. The van der Waals surface area contributed by atoms with Gasteiger partial charge in [-0.15, -0.1) is 17.9 Å². The fraction of sp³-hybridized carbons (Fsp3) is 0.333. The van der Waals surface area contributed by atoms with E-state index in [0.717, 1.165) is 6.20 Å². The average Bonchev–Trinajstić information content (AvgIpc) is 2.07. The van der Waals surface area contributed by atoms with Crippen LogP contribution in [0.15, 0.2) is 11.0 Å². The van der Waals surface area contributed by atoms with Crippen molar-refractivity contribution in [3.8, 4) is 0 Å². The van der Waals surface area contributed by atoms with Crippen molar-refractivity contribution in [1.82, 2.24) is 9.78 Å². The van der Waals surface area contributed by atoms with Gasteiger partial charge in [-0.3, -0.25) is 4.79 Å². The van der Waals surface area contributed by atoms with Gasteiger partial charge in [0.15, 0.2) is 0 Å². The molecule has 8 heteroatoms. The second-order valence-electron chi connectivity index (χ2n) is 2.31. The first-order valence-corrected chi connectivity index (χ1v) is 3.78. The summed E-state index contributed by atoms with van der Waals surface area (Å²) in [7, 11) is 1.42. The Morgan fingerprint density at radius 1 is 1.57 bits per heavy atom. The molecule has 0 bridgehead atoms. The number of aromatic nitrogens is 2. The molecule has 0 aromatic carbocycles. The van der Waals surface area contributed by atoms with Gasteiger partial charge in [0.2, 0.25) is 0 Å². The number of nitrogens with zero attached hydrogens (tertiary/aromatic N) is 2. The fourth-order valence-electron chi connectivity index (χ4n) is 0.788. The summed E-state index contributed by atoms with van der Waals surface area (Å²) in [5, 5.41) is 4.81. The third-order valence-corrected chi connectivity index (χ3v) is 1.79. The van der Waals surface area contributed by atoms with E-state index >= 15 is 0 Å². The SMILES string of the molecule is CNc1cnn(C(F)(F)F)c(=O)c1Cl. The summed E-state index contributed by atoms with van der Waals surface area (Å²) in [6.07, 6.45) is -4.02. The van der Waals surface area contributed by atoms with E-state index in [1.54, 1.807) is 0 Å². The lowest BCUT2D eigenvalue weighted by molar-refractivity contribution is -0.215. The van der Waals surface area contributed by atoms with Crippen LogP contribution in [-0.4, -0.2) is 16.8 Å². The topological polar surface area (TPSA) is 46.9 Å². The molecule has 0 radical (unpaired) electrons. The molecule has 0 saturated heterocycles. The normalized spacial score (nSPS) is 11.5. The van der Waals surface area contributed by atoms with Crippen LogP contribution in [0.5, 0.6) is 0 Å². The highest BCUT2D eigenvalue weighted by atomic mass is 35.5. The average molecular weight is 228 g/mol. The van der Waals surface area contributed by atoms with E-state index in [1.165, 1.54) is 7.05 Å². The first-order valence-electron chi connectivity index (χ1n) is 3.40. The molecular formula is C6H5ClF3N3O. The Hall–Kier alpha value is -1.24. The molecule has 1 aromatic rings. The fourth-order valence-corrected chi connectivity index (χ4v) is 1.01. The highest BCUT2D eigenvalue weighted by Crippen LogP contribution is 2.21. The molecule has 14 heavy (non-hydrogen) atoms. The van der Waals surface area contributed by atoms with Crippen LogP contribution in [0.2, 0.25) is 5.02 Å². The van der Waals surface area contributed by atoms with E-state index in [1.807, 2.05) is 0 Å². The molecule has 1 heterocycles. The van der Waals surface area contributed by atoms with Crippen molar-refractivity contribution in [2.45, 2.75) is 6.30 Å². The molecule has 4 nitrogen and oxygen atoms in total. The van der Waals surface area contributed by atoms with Crippen molar-refractivity contribution in [2.75, 3.05) is 12.4 Å². The first-order chi connectivity index (χ1) is 6.38. The predicted molar refractivity (Wildman–Crippen MR) is 44.4 cm³/mol. The smallest absolute Gasteiger partial charge is 0.385 e. The maximum atomic E-state index is 12.1. The molecule has 1 aromatic heterocycles. The van der Waals surface area contributed by atoms with Gasteiger partial charge < -0.3 is 5.32 Å². The van der Waals surface area contributed by atoms with Crippen molar-refractivity contribution in [1.29, 1.82) is 0 Å². The standard InChI is InChI=1S/C6H5ClF3N3O/c1-11-3-2-12-13(6(8,9)10)5(14)4(3)7/h2,11H,1H3.